The number of hydrogen-bond acceptors (Lipinski definition) is 5. The van der Waals surface area contributed by atoms with Gasteiger partial charge in [0, 0.05) is 52.0 Å². The van der Waals surface area contributed by atoms with Gasteiger partial charge < -0.3 is 15.1 Å². The van der Waals surface area contributed by atoms with Gasteiger partial charge in [-0.3, -0.25) is 9.59 Å². The van der Waals surface area contributed by atoms with Crippen molar-refractivity contribution in [2.75, 3.05) is 38.0 Å². The Kier molecular flexibility index (Phi) is 5.95. The Balaban J connectivity index is 1.50. The number of benzene rings is 1. The predicted octanol–water partition coefficient (Wildman–Crippen LogP) is 1.57. The standard InChI is InChI=1S/C19H22FN5O2/c1-14(26)24-8-10-25(11-9-24)18(27)16-12-22-19(23-13-16)21-7-6-15-4-2-3-5-17(15)20/h2-5,12-13H,6-11H2,1H3,(H,21,22,23). The Labute approximate surface area is 157 Å². The molecule has 0 unspecified atom stereocenters. The van der Waals surface area contributed by atoms with Gasteiger partial charge in [-0.1, -0.05) is 18.2 Å². The molecule has 7 nitrogen and oxygen atoms in total. The Morgan fingerprint density at radius 2 is 1.70 bits per heavy atom. The maximum Gasteiger partial charge on any atom is 0.257 e. The van der Waals surface area contributed by atoms with Crippen LogP contribution in [0, 0.1) is 5.82 Å². The molecule has 2 heterocycles. The van der Waals surface area contributed by atoms with Gasteiger partial charge in [0.05, 0.1) is 5.56 Å². The summed E-state index contributed by atoms with van der Waals surface area (Å²) in [5.74, 6) is 0.0441. The van der Waals surface area contributed by atoms with Crippen LogP contribution in [-0.4, -0.2) is 64.3 Å². The number of amides is 2. The second-order valence-electron chi connectivity index (χ2n) is 6.36. The molecule has 8 heteroatoms. The number of carbonyl (C=O) groups excluding carboxylic acids is 2. The van der Waals surface area contributed by atoms with Crippen molar-refractivity contribution in [1.29, 1.82) is 0 Å². The summed E-state index contributed by atoms with van der Waals surface area (Å²) < 4.78 is 13.6. The monoisotopic (exact) mass is 371 g/mol. The van der Waals surface area contributed by atoms with E-state index in [1.54, 1.807) is 28.0 Å². The molecule has 1 aliphatic rings. The molecule has 27 heavy (non-hydrogen) atoms. The molecule has 2 aromatic rings. The van der Waals surface area contributed by atoms with Crippen molar-refractivity contribution in [3.63, 3.8) is 0 Å². The minimum Gasteiger partial charge on any atom is -0.354 e. The second kappa shape index (κ2) is 8.57. The molecule has 3 rings (SSSR count). The summed E-state index contributed by atoms with van der Waals surface area (Å²) >= 11 is 0. The quantitative estimate of drug-likeness (QED) is 0.863. The van der Waals surface area contributed by atoms with E-state index in [0.717, 1.165) is 0 Å². The van der Waals surface area contributed by atoms with Crippen LogP contribution in [-0.2, 0) is 11.2 Å². The van der Waals surface area contributed by atoms with Gasteiger partial charge >= 0.3 is 0 Å². The van der Waals surface area contributed by atoms with Crippen molar-refractivity contribution >= 4 is 17.8 Å². The molecule has 0 spiro atoms. The zero-order valence-corrected chi connectivity index (χ0v) is 15.2. The van der Waals surface area contributed by atoms with Crippen molar-refractivity contribution < 1.29 is 14.0 Å². The smallest absolute Gasteiger partial charge is 0.257 e. The summed E-state index contributed by atoms with van der Waals surface area (Å²) in [4.78, 5) is 35.6. The highest BCUT2D eigenvalue weighted by molar-refractivity contribution is 5.93. The third-order valence-corrected chi connectivity index (χ3v) is 4.55. The number of hydrogen-bond donors (Lipinski definition) is 1. The summed E-state index contributed by atoms with van der Waals surface area (Å²) in [6.45, 7) is 4.10. The second-order valence-corrected chi connectivity index (χ2v) is 6.36. The topological polar surface area (TPSA) is 78.4 Å². The molecule has 142 valence electrons. The average Bonchev–Trinajstić information content (AvgIpc) is 2.69. The van der Waals surface area contributed by atoms with Gasteiger partial charge in [-0.15, -0.1) is 0 Å². The molecule has 1 fully saturated rings. The third kappa shape index (κ3) is 4.78. The molecule has 1 aromatic carbocycles. The van der Waals surface area contributed by atoms with Crippen LogP contribution < -0.4 is 5.32 Å². The number of piperazine rings is 1. The molecule has 1 aliphatic heterocycles. The number of aromatic nitrogens is 2. The maximum atomic E-state index is 13.6. The Morgan fingerprint density at radius 1 is 1.07 bits per heavy atom. The largest absolute Gasteiger partial charge is 0.354 e. The number of rotatable bonds is 5. The van der Waals surface area contributed by atoms with Crippen molar-refractivity contribution in [3.05, 3.63) is 53.6 Å². The molecule has 0 atom stereocenters. The van der Waals surface area contributed by atoms with E-state index in [0.29, 0.717) is 56.2 Å². The first-order valence-corrected chi connectivity index (χ1v) is 8.88. The van der Waals surface area contributed by atoms with Crippen molar-refractivity contribution in [2.24, 2.45) is 0 Å². The van der Waals surface area contributed by atoms with Gasteiger partial charge in [-0.25, -0.2) is 14.4 Å². The van der Waals surface area contributed by atoms with Crippen LogP contribution in [0.5, 0.6) is 0 Å². The van der Waals surface area contributed by atoms with Crippen LogP contribution in [0.1, 0.15) is 22.8 Å². The van der Waals surface area contributed by atoms with Crippen molar-refractivity contribution in [3.8, 4) is 0 Å². The molecule has 0 saturated carbocycles. The highest BCUT2D eigenvalue weighted by Crippen LogP contribution is 2.10. The average molecular weight is 371 g/mol. The SMILES string of the molecule is CC(=O)N1CCN(C(=O)c2cnc(NCCc3ccccc3F)nc2)CC1. The highest BCUT2D eigenvalue weighted by atomic mass is 19.1. The molecule has 0 aliphatic carbocycles. The number of anilines is 1. The molecular weight excluding hydrogens is 349 g/mol. The lowest BCUT2D eigenvalue weighted by Gasteiger charge is -2.34. The maximum absolute atomic E-state index is 13.6. The van der Waals surface area contributed by atoms with Gasteiger partial charge in [0.2, 0.25) is 11.9 Å². The summed E-state index contributed by atoms with van der Waals surface area (Å²) in [5.41, 5.74) is 1.03. The Bertz CT molecular complexity index is 804. The zero-order valence-electron chi connectivity index (χ0n) is 15.2. The van der Waals surface area contributed by atoms with E-state index in [4.69, 9.17) is 0 Å². The van der Waals surface area contributed by atoms with E-state index < -0.39 is 0 Å². The van der Waals surface area contributed by atoms with E-state index in [9.17, 15) is 14.0 Å². The van der Waals surface area contributed by atoms with Crippen LogP contribution in [0.15, 0.2) is 36.7 Å². The Hall–Kier alpha value is -3.03. The fourth-order valence-electron chi connectivity index (χ4n) is 2.95. The number of nitrogens with zero attached hydrogens (tertiary/aromatic N) is 4. The molecule has 1 N–H and O–H groups in total. The minimum atomic E-state index is -0.231. The fourth-order valence-corrected chi connectivity index (χ4v) is 2.95. The lowest BCUT2D eigenvalue weighted by Crippen LogP contribution is -2.50. The van der Waals surface area contributed by atoms with Crippen LogP contribution in [0.2, 0.25) is 0 Å². The summed E-state index contributed by atoms with van der Waals surface area (Å²) in [5, 5.41) is 3.03. The molecule has 0 radical (unpaired) electrons. The summed E-state index contributed by atoms with van der Waals surface area (Å²) in [6.07, 6.45) is 3.48. The van der Waals surface area contributed by atoms with Crippen LogP contribution in [0.4, 0.5) is 10.3 Å². The van der Waals surface area contributed by atoms with E-state index >= 15 is 0 Å². The van der Waals surface area contributed by atoms with Gasteiger partial charge in [-0.05, 0) is 18.1 Å². The molecule has 0 bridgehead atoms. The van der Waals surface area contributed by atoms with Crippen molar-refractivity contribution in [2.45, 2.75) is 13.3 Å². The fraction of sp³-hybridized carbons (Fsp3) is 0.368. The number of halogens is 1. The lowest BCUT2D eigenvalue weighted by atomic mass is 10.1. The Morgan fingerprint density at radius 3 is 2.33 bits per heavy atom. The summed E-state index contributed by atoms with van der Waals surface area (Å²) in [6, 6.07) is 6.63. The predicted molar refractivity (Wildman–Crippen MR) is 98.8 cm³/mol. The lowest BCUT2D eigenvalue weighted by molar-refractivity contribution is -0.130. The first-order chi connectivity index (χ1) is 13.0. The molecular formula is C19H22FN5O2. The highest BCUT2D eigenvalue weighted by Gasteiger charge is 2.23. The molecule has 1 aromatic heterocycles. The third-order valence-electron chi connectivity index (χ3n) is 4.55. The first-order valence-electron chi connectivity index (χ1n) is 8.88. The van der Waals surface area contributed by atoms with E-state index in [-0.39, 0.29) is 17.6 Å². The minimum absolute atomic E-state index is 0.0243. The van der Waals surface area contributed by atoms with Gasteiger partial charge in [-0.2, -0.15) is 0 Å². The van der Waals surface area contributed by atoms with E-state index in [2.05, 4.69) is 15.3 Å². The van der Waals surface area contributed by atoms with E-state index in [1.165, 1.54) is 25.4 Å². The molecule has 1 saturated heterocycles. The first kappa shape index (κ1) is 18.8. The zero-order chi connectivity index (χ0) is 19.2. The van der Waals surface area contributed by atoms with Crippen molar-refractivity contribution in [1.82, 2.24) is 19.8 Å². The van der Waals surface area contributed by atoms with Crippen LogP contribution in [0.25, 0.3) is 0 Å². The van der Waals surface area contributed by atoms with Crippen LogP contribution in [0.3, 0.4) is 0 Å². The van der Waals surface area contributed by atoms with Gasteiger partial charge in [0.15, 0.2) is 0 Å². The van der Waals surface area contributed by atoms with Gasteiger partial charge in [0.25, 0.3) is 5.91 Å². The van der Waals surface area contributed by atoms with Gasteiger partial charge in [0.1, 0.15) is 5.82 Å². The van der Waals surface area contributed by atoms with Crippen LogP contribution >= 0.6 is 0 Å². The summed E-state index contributed by atoms with van der Waals surface area (Å²) in [7, 11) is 0. The van der Waals surface area contributed by atoms with E-state index in [1.807, 2.05) is 0 Å². The number of carbonyl (C=O) groups is 2. The normalized spacial score (nSPS) is 14.1. The number of nitrogens with one attached hydrogen (secondary N) is 1. The molecule has 2 amide bonds.